The Balaban J connectivity index is 5.21. The molecule has 0 aromatic rings. The van der Waals surface area contributed by atoms with E-state index in [4.69, 9.17) is 0 Å². The monoisotopic (exact) mass is 952 g/mol. The predicted molar refractivity (Wildman–Crippen MR) is 251 cm³/mol. The summed E-state index contributed by atoms with van der Waals surface area (Å²) in [5.41, 5.74) is 0. The van der Waals surface area contributed by atoms with Crippen molar-refractivity contribution in [3.63, 3.8) is 0 Å². The first-order valence-corrected chi connectivity index (χ1v) is 22.6. The van der Waals surface area contributed by atoms with Crippen LogP contribution in [-0.2, 0) is 52.7 Å². The Kier molecular flexibility index (Phi) is 27.2. The molecule has 0 saturated heterocycles. The quantitative estimate of drug-likeness (QED) is 0.0410. The van der Waals surface area contributed by atoms with Crippen molar-refractivity contribution in [3.8, 4) is 0 Å². The second-order valence-corrected chi connectivity index (χ2v) is 17.8. The third kappa shape index (κ3) is 21.1. The number of carbonyl (C=O) groups excluding carboxylic acids is 11. The van der Waals surface area contributed by atoms with Crippen LogP contribution in [0.1, 0.15) is 67.7 Å². The van der Waals surface area contributed by atoms with Crippen LogP contribution in [0.4, 0.5) is 0 Å². The van der Waals surface area contributed by atoms with Gasteiger partial charge in [0.2, 0.25) is 65.0 Å². The smallest absolute Gasteiger partial charge is 0.245 e. The van der Waals surface area contributed by atoms with Crippen molar-refractivity contribution in [2.24, 2.45) is 17.8 Å². The van der Waals surface area contributed by atoms with Gasteiger partial charge in [0.25, 0.3) is 0 Å². The number of nitrogens with zero attached hydrogens (tertiary/aromatic N) is 6. The fourth-order valence-electron chi connectivity index (χ4n) is 6.65. The molecule has 0 saturated carbocycles. The van der Waals surface area contributed by atoms with Crippen LogP contribution >= 0.6 is 0 Å². The molecule has 6 unspecified atom stereocenters. The molecule has 6 atom stereocenters. The molecule has 0 aliphatic carbocycles. The maximum Gasteiger partial charge on any atom is 0.245 e. The van der Waals surface area contributed by atoms with Gasteiger partial charge in [-0.15, -0.1) is 0 Å². The van der Waals surface area contributed by atoms with Gasteiger partial charge in [0.15, 0.2) is 0 Å². The lowest BCUT2D eigenvalue weighted by molar-refractivity contribution is -0.145. The van der Waals surface area contributed by atoms with E-state index in [9.17, 15) is 57.8 Å². The molecule has 0 rings (SSSR count). The molecule has 0 heterocycles. The van der Waals surface area contributed by atoms with E-state index in [1.165, 1.54) is 61.2 Å². The zero-order chi connectivity index (χ0) is 52.0. The van der Waals surface area contributed by atoms with Crippen molar-refractivity contribution in [2.45, 2.75) is 104 Å². The summed E-state index contributed by atoms with van der Waals surface area (Å²) >= 11 is 0. The van der Waals surface area contributed by atoms with Crippen molar-refractivity contribution in [1.82, 2.24) is 56.0 Å². The average molecular weight is 952 g/mol. The SMILES string of the molecule is BCC(C)C(O)CC(=O)NC(CC)C(=O)N(C)CC(=O)N(C)CC(=O)NCC(=O)N(C)C(CC(C)C)C(=O)NCC(=O)NC(C)C(=O)N(C)CC(=O)N(C)CC(=O)N(C)C(C(=O)NC)C(C)C. The Labute approximate surface area is 396 Å². The number of rotatable bonds is 28. The van der Waals surface area contributed by atoms with Crippen LogP contribution in [0.3, 0.4) is 0 Å². The number of aliphatic hydroxyl groups is 1. The van der Waals surface area contributed by atoms with E-state index in [2.05, 4.69) is 26.6 Å². The molecule has 380 valence electrons. The molecule has 0 radical (unpaired) electrons. The van der Waals surface area contributed by atoms with Gasteiger partial charge in [-0.25, -0.2) is 0 Å². The minimum atomic E-state index is -1.12. The summed E-state index contributed by atoms with van der Waals surface area (Å²) in [5, 5.41) is 22.7. The summed E-state index contributed by atoms with van der Waals surface area (Å²) in [5.74, 6) is -6.82. The number of hydrogen-bond donors (Lipinski definition) is 6. The lowest BCUT2D eigenvalue weighted by atomic mass is 9.87. The van der Waals surface area contributed by atoms with Crippen molar-refractivity contribution in [3.05, 3.63) is 0 Å². The number of aliphatic hydroxyl groups excluding tert-OH is 1. The zero-order valence-corrected chi connectivity index (χ0v) is 42.3. The van der Waals surface area contributed by atoms with E-state index in [0.29, 0.717) is 6.32 Å². The average Bonchev–Trinajstić information content (AvgIpc) is 3.26. The molecular weight excluding hydrogens is 873 g/mol. The Morgan fingerprint density at radius 1 is 0.582 bits per heavy atom. The predicted octanol–water partition coefficient (Wildman–Crippen LogP) is -4.01. The lowest BCUT2D eigenvalue weighted by Crippen LogP contribution is -2.54. The van der Waals surface area contributed by atoms with Crippen LogP contribution in [0.25, 0.3) is 0 Å². The molecule has 6 N–H and O–H groups in total. The first-order chi connectivity index (χ1) is 31.0. The molecule has 23 nitrogen and oxygen atoms in total. The molecule has 0 spiro atoms. The third-order valence-corrected chi connectivity index (χ3v) is 11.3. The van der Waals surface area contributed by atoms with Gasteiger partial charge < -0.3 is 61.1 Å². The highest BCUT2D eigenvalue weighted by Gasteiger charge is 2.32. The first-order valence-electron chi connectivity index (χ1n) is 22.6. The van der Waals surface area contributed by atoms with Crippen LogP contribution in [0.15, 0.2) is 0 Å². The van der Waals surface area contributed by atoms with E-state index in [1.807, 2.05) is 28.6 Å². The highest BCUT2D eigenvalue weighted by Crippen LogP contribution is 2.13. The second-order valence-electron chi connectivity index (χ2n) is 17.8. The molecule has 67 heavy (non-hydrogen) atoms. The molecule has 0 aromatic heterocycles. The lowest BCUT2D eigenvalue weighted by Gasteiger charge is -2.31. The van der Waals surface area contributed by atoms with Crippen LogP contribution in [0.2, 0.25) is 6.32 Å². The van der Waals surface area contributed by atoms with Crippen molar-refractivity contribution in [1.29, 1.82) is 0 Å². The van der Waals surface area contributed by atoms with Gasteiger partial charge in [-0.2, -0.15) is 0 Å². The molecule has 0 aliphatic rings. The topological polar surface area (TPSA) is 288 Å². The molecule has 24 heteroatoms. The first kappa shape index (κ1) is 61.2. The van der Waals surface area contributed by atoms with Crippen molar-refractivity contribution >= 4 is 72.8 Å². The highest BCUT2D eigenvalue weighted by atomic mass is 16.3. The fraction of sp³-hybridized carbons (Fsp3) is 0.744. The van der Waals surface area contributed by atoms with Gasteiger partial charge in [-0.1, -0.05) is 47.9 Å². The maximum atomic E-state index is 13.3. The largest absolute Gasteiger partial charge is 0.392 e. The summed E-state index contributed by atoms with van der Waals surface area (Å²) in [4.78, 5) is 148. The van der Waals surface area contributed by atoms with Crippen LogP contribution < -0.4 is 26.6 Å². The van der Waals surface area contributed by atoms with Crippen molar-refractivity contribution in [2.75, 3.05) is 88.6 Å². The molecular formula is C43H78BN11O12. The van der Waals surface area contributed by atoms with E-state index in [0.717, 1.165) is 24.5 Å². The van der Waals surface area contributed by atoms with E-state index in [-0.39, 0.29) is 49.5 Å². The molecule has 0 aromatic carbocycles. The van der Waals surface area contributed by atoms with E-state index in [1.54, 1.807) is 20.8 Å². The number of likely N-dealkylation sites (N-methyl/N-ethyl adjacent to an activating group) is 7. The van der Waals surface area contributed by atoms with E-state index < -0.39 is 122 Å². The number of amides is 11. The summed E-state index contributed by atoms with van der Waals surface area (Å²) in [6, 6.07) is -3.87. The standard InChI is InChI=1S/C43H78BN11O12/c1-15-29(49-32(57)17-31(56)27(6)18-44)43(67)53(12)23-36(61)50(9)21-34(59)46-20-35(60)54(13)30(16-25(2)3)40(64)47-19-33(58)48-28(7)42(66)52(11)22-37(62)51(10)24-38(63)55(14)39(26(4)5)41(65)45-8/h25-31,39,56H,15-24,44H2,1-14H3,(H,45,65)(H,46,59)(H,47,64)(H,48,58)(H,49,57). The Hall–Kier alpha value is -5.81. The molecule has 0 bridgehead atoms. The normalized spacial score (nSPS) is 13.6. The third-order valence-electron chi connectivity index (χ3n) is 11.3. The molecule has 0 aliphatic heterocycles. The van der Waals surface area contributed by atoms with Gasteiger partial charge in [0.1, 0.15) is 32.0 Å². The fourth-order valence-corrected chi connectivity index (χ4v) is 6.65. The molecule has 0 fully saturated rings. The van der Waals surface area contributed by atoms with Crippen LogP contribution in [0.5, 0.6) is 0 Å². The minimum absolute atomic E-state index is 0.0843. The second kappa shape index (κ2) is 29.8. The molecule has 11 amide bonds. The van der Waals surface area contributed by atoms with Crippen LogP contribution in [-0.4, -0.2) is 226 Å². The Morgan fingerprint density at radius 3 is 1.60 bits per heavy atom. The highest BCUT2D eigenvalue weighted by molar-refractivity contribution is 6.08. The summed E-state index contributed by atoms with van der Waals surface area (Å²) < 4.78 is 0. The number of nitrogens with one attached hydrogen (secondary N) is 5. The number of hydrogen-bond acceptors (Lipinski definition) is 12. The maximum absolute atomic E-state index is 13.3. The van der Waals surface area contributed by atoms with Crippen molar-refractivity contribution < 1.29 is 57.8 Å². The summed E-state index contributed by atoms with van der Waals surface area (Å²) in [6.45, 7) is 9.37. The van der Waals surface area contributed by atoms with Gasteiger partial charge in [-0.05, 0) is 37.5 Å². The van der Waals surface area contributed by atoms with Gasteiger partial charge in [-0.3, -0.25) is 52.7 Å². The van der Waals surface area contributed by atoms with Crippen LogP contribution in [0, 0.1) is 17.8 Å². The van der Waals surface area contributed by atoms with Gasteiger partial charge >= 0.3 is 0 Å². The summed E-state index contributed by atoms with van der Waals surface area (Å²) in [7, 11) is 11.6. The summed E-state index contributed by atoms with van der Waals surface area (Å²) in [6.07, 6.45) is 0.0548. The van der Waals surface area contributed by atoms with Gasteiger partial charge in [0, 0.05) is 49.3 Å². The van der Waals surface area contributed by atoms with Gasteiger partial charge in [0.05, 0.1) is 51.8 Å². The number of carbonyl (C=O) groups is 11. The van der Waals surface area contributed by atoms with E-state index >= 15 is 0 Å². The minimum Gasteiger partial charge on any atom is -0.392 e. The Morgan fingerprint density at radius 2 is 1.10 bits per heavy atom. The Bertz CT molecular complexity index is 1750. The zero-order valence-electron chi connectivity index (χ0n) is 42.3.